The molecule has 24 heavy (non-hydrogen) atoms. The maximum absolute atomic E-state index is 11.8. The standard InChI is InChI=1S/C17H16ClN3O3/c1-11-4-2-6-13(8-11)20-15(22)10-19-16(23)17(24)21-14-7-3-5-12(18)9-14/h2-9H,10H2,1H3,(H,19,23)(H,20,22)(H,21,24). The normalized spacial score (nSPS) is 9.92. The third-order valence-electron chi connectivity index (χ3n) is 3.00. The van der Waals surface area contributed by atoms with Crippen LogP contribution in [0.4, 0.5) is 11.4 Å². The van der Waals surface area contributed by atoms with Crippen LogP contribution in [0.2, 0.25) is 5.02 Å². The highest BCUT2D eigenvalue weighted by atomic mass is 35.5. The van der Waals surface area contributed by atoms with E-state index in [0.29, 0.717) is 16.4 Å². The lowest BCUT2D eigenvalue weighted by Crippen LogP contribution is -2.39. The fraction of sp³-hybridized carbons (Fsp3) is 0.118. The summed E-state index contributed by atoms with van der Waals surface area (Å²) in [5.74, 6) is -2.21. The highest BCUT2D eigenvalue weighted by molar-refractivity contribution is 6.40. The number of hydrogen-bond acceptors (Lipinski definition) is 3. The average Bonchev–Trinajstić information content (AvgIpc) is 2.52. The molecule has 124 valence electrons. The van der Waals surface area contributed by atoms with E-state index in [1.165, 1.54) is 6.07 Å². The minimum Gasteiger partial charge on any atom is -0.339 e. The molecule has 2 aromatic rings. The third-order valence-corrected chi connectivity index (χ3v) is 3.24. The van der Waals surface area contributed by atoms with E-state index in [1.54, 1.807) is 30.3 Å². The van der Waals surface area contributed by atoms with E-state index in [9.17, 15) is 14.4 Å². The first kappa shape index (κ1) is 17.5. The van der Waals surface area contributed by atoms with Gasteiger partial charge in [0, 0.05) is 16.4 Å². The van der Waals surface area contributed by atoms with Crippen LogP contribution >= 0.6 is 11.6 Å². The fourth-order valence-electron chi connectivity index (χ4n) is 1.92. The lowest BCUT2D eigenvalue weighted by Gasteiger charge is -2.08. The summed E-state index contributed by atoms with van der Waals surface area (Å²) >= 11 is 5.79. The van der Waals surface area contributed by atoms with E-state index < -0.39 is 17.7 Å². The predicted molar refractivity (Wildman–Crippen MR) is 92.9 cm³/mol. The second kappa shape index (κ2) is 8.12. The van der Waals surface area contributed by atoms with Crippen LogP contribution < -0.4 is 16.0 Å². The number of amides is 3. The van der Waals surface area contributed by atoms with Crippen LogP contribution in [0.3, 0.4) is 0 Å². The van der Waals surface area contributed by atoms with Crippen molar-refractivity contribution < 1.29 is 14.4 Å². The molecule has 7 heteroatoms. The molecule has 0 atom stereocenters. The van der Waals surface area contributed by atoms with Gasteiger partial charge in [0.15, 0.2) is 0 Å². The van der Waals surface area contributed by atoms with Crippen molar-refractivity contribution in [3.8, 4) is 0 Å². The van der Waals surface area contributed by atoms with Crippen LogP contribution in [0.25, 0.3) is 0 Å². The molecule has 6 nitrogen and oxygen atoms in total. The monoisotopic (exact) mass is 345 g/mol. The van der Waals surface area contributed by atoms with E-state index in [-0.39, 0.29) is 6.54 Å². The molecule has 0 saturated heterocycles. The van der Waals surface area contributed by atoms with Crippen molar-refractivity contribution in [1.29, 1.82) is 0 Å². The van der Waals surface area contributed by atoms with Crippen LogP contribution in [0.1, 0.15) is 5.56 Å². The molecule has 3 N–H and O–H groups in total. The molecule has 0 aliphatic carbocycles. The average molecular weight is 346 g/mol. The number of nitrogens with one attached hydrogen (secondary N) is 3. The first-order chi connectivity index (χ1) is 11.4. The fourth-order valence-corrected chi connectivity index (χ4v) is 2.11. The minimum absolute atomic E-state index is 0.310. The molecule has 0 aliphatic heterocycles. The van der Waals surface area contributed by atoms with Crippen molar-refractivity contribution in [2.24, 2.45) is 0 Å². The van der Waals surface area contributed by atoms with Gasteiger partial charge in [-0.05, 0) is 42.8 Å². The molecule has 0 heterocycles. The van der Waals surface area contributed by atoms with Gasteiger partial charge in [-0.15, -0.1) is 0 Å². The Bertz CT molecular complexity index is 777. The summed E-state index contributed by atoms with van der Waals surface area (Å²) in [6.45, 7) is 1.59. The van der Waals surface area contributed by atoms with Gasteiger partial charge in [0.25, 0.3) is 0 Å². The van der Waals surface area contributed by atoms with E-state index in [2.05, 4.69) is 16.0 Å². The summed E-state index contributed by atoms with van der Waals surface area (Å²) in [5, 5.41) is 7.72. The van der Waals surface area contributed by atoms with Gasteiger partial charge in [-0.25, -0.2) is 0 Å². The van der Waals surface area contributed by atoms with Crippen molar-refractivity contribution in [3.05, 3.63) is 59.1 Å². The zero-order valence-corrected chi connectivity index (χ0v) is 13.7. The van der Waals surface area contributed by atoms with Crippen LogP contribution in [0, 0.1) is 6.92 Å². The molecule has 0 spiro atoms. The Labute approximate surface area is 144 Å². The molecule has 0 fully saturated rings. The molecule has 0 radical (unpaired) electrons. The van der Waals surface area contributed by atoms with Crippen LogP contribution in [-0.2, 0) is 14.4 Å². The van der Waals surface area contributed by atoms with Crippen molar-refractivity contribution >= 4 is 40.7 Å². The third kappa shape index (κ3) is 5.40. The summed E-state index contributed by atoms with van der Waals surface area (Å²) in [5.41, 5.74) is 2.02. The van der Waals surface area contributed by atoms with E-state index >= 15 is 0 Å². The summed E-state index contributed by atoms with van der Waals surface area (Å²) < 4.78 is 0. The largest absolute Gasteiger partial charge is 0.339 e. The zero-order valence-electron chi connectivity index (χ0n) is 12.9. The van der Waals surface area contributed by atoms with E-state index in [1.807, 2.05) is 19.1 Å². The topological polar surface area (TPSA) is 87.3 Å². The number of benzene rings is 2. The molecule has 2 aromatic carbocycles. The van der Waals surface area contributed by atoms with Gasteiger partial charge in [-0.2, -0.15) is 0 Å². The van der Waals surface area contributed by atoms with Crippen molar-refractivity contribution in [1.82, 2.24) is 5.32 Å². The van der Waals surface area contributed by atoms with Crippen LogP contribution in [0.15, 0.2) is 48.5 Å². The van der Waals surface area contributed by atoms with Crippen molar-refractivity contribution in [2.75, 3.05) is 17.2 Å². The Balaban J connectivity index is 1.81. The Kier molecular flexibility index (Phi) is 5.92. The van der Waals surface area contributed by atoms with Gasteiger partial charge in [-0.1, -0.05) is 29.8 Å². The number of carbonyl (C=O) groups is 3. The lowest BCUT2D eigenvalue weighted by molar-refractivity contribution is -0.136. The Morgan fingerprint density at radius 3 is 2.25 bits per heavy atom. The first-order valence-corrected chi connectivity index (χ1v) is 7.53. The van der Waals surface area contributed by atoms with Crippen molar-refractivity contribution in [2.45, 2.75) is 6.92 Å². The maximum Gasteiger partial charge on any atom is 0.313 e. The Morgan fingerprint density at radius 1 is 0.917 bits per heavy atom. The maximum atomic E-state index is 11.8. The molecule has 0 unspecified atom stereocenters. The number of carbonyl (C=O) groups excluding carboxylic acids is 3. The second-order valence-electron chi connectivity index (χ2n) is 5.06. The first-order valence-electron chi connectivity index (χ1n) is 7.15. The van der Waals surface area contributed by atoms with Gasteiger partial charge >= 0.3 is 11.8 Å². The minimum atomic E-state index is -0.908. The Hall–Kier alpha value is -2.86. The zero-order chi connectivity index (χ0) is 17.5. The number of hydrogen-bond donors (Lipinski definition) is 3. The smallest absolute Gasteiger partial charge is 0.313 e. The van der Waals surface area contributed by atoms with Crippen molar-refractivity contribution in [3.63, 3.8) is 0 Å². The number of rotatable bonds is 4. The predicted octanol–water partition coefficient (Wildman–Crippen LogP) is 2.34. The summed E-state index contributed by atoms with van der Waals surface area (Å²) in [4.78, 5) is 35.2. The molecular weight excluding hydrogens is 330 g/mol. The van der Waals surface area contributed by atoms with Gasteiger partial charge in [0.1, 0.15) is 0 Å². The second-order valence-corrected chi connectivity index (χ2v) is 5.50. The number of anilines is 2. The van der Waals surface area contributed by atoms with Gasteiger partial charge in [0.2, 0.25) is 5.91 Å². The summed E-state index contributed by atoms with van der Waals surface area (Å²) in [6.07, 6.45) is 0. The lowest BCUT2D eigenvalue weighted by atomic mass is 10.2. The molecule has 0 aromatic heterocycles. The SMILES string of the molecule is Cc1cccc(NC(=O)CNC(=O)C(=O)Nc2cccc(Cl)c2)c1. The molecule has 3 amide bonds. The summed E-state index contributed by atoms with van der Waals surface area (Å²) in [7, 11) is 0. The summed E-state index contributed by atoms with van der Waals surface area (Å²) in [6, 6.07) is 13.6. The molecule has 0 aliphatic rings. The van der Waals surface area contributed by atoms with E-state index in [4.69, 9.17) is 11.6 Å². The van der Waals surface area contributed by atoms with E-state index in [0.717, 1.165) is 5.56 Å². The van der Waals surface area contributed by atoms with Crippen LogP contribution in [-0.4, -0.2) is 24.3 Å². The molecule has 2 rings (SSSR count). The molecular formula is C17H16ClN3O3. The highest BCUT2D eigenvalue weighted by Crippen LogP contribution is 2.14. The van der Waals surface area contributed by atoms with Gasteiger partial charge in [-0.3, -0.25) is 14.4 Å². The van der Waals surface area contributed by atoms with Crippen LogP contribution in [0.5, 0.6) is 0 Å². The molecule has 0 saturated carbocycles. The van der Waals surface area contributed by atoms with Gasteiger partial charge < -0.3 is 16.0 Å². The number of aryl methyl sites for hydroxylation is 1. The quantitative estimate of drug-likeness (QED) is 0.743. The number of halogens is 1. The Morgan fingerprint density at radius 2 is 1.58 bits per heavy atom. The van der Waals surface area contributed by atoms with Gasteiger partial charge in [0.05, 0.1) is 6.54 Å². The highest BCUT2D eigenvalue weighted by Gasteiger charge is 2.15. The molecule has 0 bridgehead atoms.